The van der Waals surface area contributed by atoms with Crippen molar-refractivity contribution >= 4 is 29.4 Å². The Kier molecular flexibility index (Phi) is 6.92. The van der Waals surface area contributed by atoms with E-state index in [0.29, 0.717) is 13.0 Å². The quantitative estimate of drug-likeness (QED) is 0.436. The maximum absolute atomic E-state index is 12.9. The van der Waals surface area contributed by atoms with Crippen LogP contribution in [0.25, 0.3) is 0 Å². The van der Waals surface area contributed by atoms with E-state index >= 15 is 0 Å². The molecule has 0 radical (unpaired) electrons. The van der Waals surface area contributed by atoms with Crippen LogP contribution >= 0.6 is 0 Å². The van der Waals surface area contributed by atoms with Crippen LogP contribution in [0.4, 0.5) is 0 Å². The topological polar surface area (TPSA) is 116 Å². The summed E-state index contributed by atoms with van der Waals surface area (Å²) in [5.41, 5.74) is 0.542. The van der Waals surface area contributed by atoms with Crippen molar-refractivity contribution in [2.75, 3.05) is 19.8 Å². The molecule has 31 heavy (non-hydrogen) atoms. The molecule has 1 N–H and O–H groups in total. The van der Waals surface area contributed by atoms with Gasteiger partial charge >= 0.3 is 11.9 Å². The number of esters is 2. The highest BCUT2D eigenvalue weighted by Gasteiger charge is 2.33. The first-order valence-electron chi connectivity index (χ1n) is 9.85. The lowest BCUT2D eigenvalue weighted by Crippen LogP contribution is -2.30. The molecule has 1 amide bonds. The average Bonchev–Trinajstić information content (AvgIpc) is 2.78. The molecular formula is C23H21NO7. The van der Waals surface area contributed by atoms with Gasteiger partial charge in [-0.15, -0.1) is 0 Å². The van der Waals surface area contributed by atoms with Gasteiger partial charge < -0.3 is 14.8 Å². The van der Waals surface area contributed by atoms with Crippen molar-refractivity contribution in [1.82, 2.24) is 5.32 Å². The summed E-state index contributed by atoms with van der Waals surface area (Å²) in [5.74, 6) is -2.56. The van der Waals surface area contributed by atoms with Gasteiger partial charge in [0.1, 0.15) is 0 Å². The average molecular weight is 423 g/mol. The van der Waals surface area contributed by atoms with E-state index in [4.69, 9.17) is 9.47 Å². The van der Waals surface area contributed by atoms with Crippen LogP contribution in [0.2, 0.25) is 0 Å². The molecule has 2 aromatic rings. The summed E-state index contributed by atoms with van der Waals surface area (Å²) in [6.07, 6.45) is 0.558. The lowest BCUT2D eigenvalue weighted by Gasteiger charge is -2.19. The molecule has 1 aliphatic carbocycles. The Balaban J connectivity index is 1.62. The first kappa shape index (κ1) is 21.9. The molecule has 0 fully saturated rings. The zero-order valence-electron chi connectivity index (χ0n) is 16.9. The minimum absolute atomic E-state index is 0.0222. The van der Waals surface area contributed by atoms with E-state index in [1.165, 1.54) is 24.3 Å². The second kappa shape index (κ2) is 9.80. The van der Waals surface area contributed by atoms with Crippen molar-refractivity contribution in [3.8, 4) is 0 Å². The van der Waals surface area contributed by atoms with Gasteiger partial charge in [-0.1, -0.05) is 36.4 Å². The van der Waals surface area contributed by atoms with E-state index in [9.17, 15) is 24.0 Å². The zero-order chi connectivity index (χ0) is 22.4. The number of benzene rings is 2. The summed E-state index contributed by atoms with van der Waals surface area (Å²) >= 11 is 0. The van der Waals surface area contributed by atoms with Gasteiger partial charge in [0.25, 0.3) is 5.91 Å². The molecule has 0 bridgehead atoms. The van der Waals surface area contributed by atoms with Crippen LogP contribution in [0.15, 0.2) is 42.5 Å². The van der Waals surface area contributed by atoms with Crippen LogP contribution in [-0.4, -0.2) is 49.2 Å². The van der Waals surface area contributed by atoms with Crippen LogP contribution in [0.5, 0.6) is 0 Å². The molecule has 0 aromatic heterocycles. The maximum atomic E-state index is 12.9. The Morgan fingerprint density at radius 2 is 1.55 bits per heavy atom. The first-order valence-corrected chi connectivity index (χ1v) is 9.85. The van der Waals surface area contributed by atoms with Crippen molar-refractivity contribution in [3.63, 3.8) is 0 Å². The van der Waals surface area contributed by atoms with Gasteiger partial charge in [-0.2, -0.15) is 0 Å². The highest BCUT2D eigenvalue weighted by atomic mass is 16.5. The SMILES string of the molecule is CCOC(=O)CCCNC(=O)COC(=O)c1cccc2c1C(=O)c1ccccc1C2=O. The van der Waals surface area contributed by atoms with E-state index in [1.54, 1.807) is 25.1 Å². The van der Waals surface area contributed by atoms with Gasteiger partial charge in [0.2, 0.25) is 0 Å². The molecule has 3 rings (SSSR count). The Labute approximate surface area is 178 Å². The van der Waals surface area contributed by atoms with Gasteiger partial charge in [-0.25, -0.2) is 4.79 Å². The molecule has 0 saturated carbocycles. The van der Waals surface area contributed by atoms with Crippen molar-refractivity contribution in [2.45, 2.75) is 19.8 Å². The number of nitrogens with one attached hydrogen (secondary N) is 1. The number of ether oxygens (including phenoxy) is 2. The maximum Gasteiger partial charge on any atom is 0.339 e. The van der Waals surface area contributed by atoms with Gasteiger partial charge in [-0.3, -0.25) is 19.2 Å². The molecule has 2 aromatic carbocycles. The van der Waals surface area contributed by atoms with Crippen molar-refractivity contribution < 1.29 is 33.4 Å². The highest BCUT2D eigenvalue weighted by Crippen LogP contribution is 2.29. The summed E-state index contributed by atoms with van der Waals surface area (Å²) in [7, 11) is 0. The Morgan fingerprint density at radius 3 is 2.26 bits per heavy atom. The molecule has 0 heterocycles. The summed E-state index contributed by atoms with van der Waals surface area (Å²) in [6, 6.07) is 10.8. The van der Waals surface area contributed by atoms with Crippen LogP contribution in [0, 0.1) is 0 Å². The lowest BCUT2D eigenvalue weighted by atomic mass is 9.82. The number of hydrogen-bond acceptors (Lipinski definition) is 7. The van der Waals surface area contributed by atoms with Crippen LogP contribution in [0.1, 0.15) is 62.0 Å². The lowest BCUT2D eigenvalue weighted by molar-refractivity contribution is -0.143. The second-order valence-electron chi connectivity index (χ2n) is 6.77. The number of hydrogen-bond donors (Lipinski definition) is 1. The summed E-state index contributed by atoms with van der Waals surface area (Å²) in [4.78, 5) is 61.3. The third-order valence-corrected chi connectivity index (χ3v) is 4.69. The van der Waals surface area contributed by atoms with Crippen molar-refractivity contribution in [3.05, 3.63) is 70.3 Å². The Morgan fingerprint density at radius 1 is 0.871 bits per heavy atom. The summed E-state index contributed by atoms with van der Waals surface area (Å²) < 4.78 is 9.83. The Hall–Kier alpha value is -3.81. The number of ketones is 2. The van der Waals surface area contributed by atoms with Crippen LogP contribution in [0.3, 0.4) is 0 Å². The number of amides is 1. The van der Waals surface area contributed by atoms with Gasteiger partial charge in [0, 0.05) is 35.2 Å². The fourth-order valence-corrected chi connectivity index (χ4v) is 3.27. The first-order chi connectivity index (χ1) is 14.9. The van der Waals surface area contributed by atoms with Crippen molar-refractivity contribution in [2.24, 2.45) is 0 Å². The fraction of sp³-hybridized carbons (Fsp3) is 0.261. The third kappa shape index (κ3) is 4.85. The molecule has 0 saturated heterocycles. The zero-order valence-corrected chi connectivity index (χ0v) is 16.9. The van der Waals surface area contributed by atoms with E-state index < -0.39 is 24.3 Å². The number of fused-ring (bicyclic) bond motifs is 2. The minimum Gasteiger partial charge on any atom is -0.466 e. The highest BCUT2D eigenvalue weighted by molar-refractivity contribution is 6.30. The number of rotatable bonds is 8. The third-order valence-electron chi connectivity index (χ3n) is 4.69. The van der Waals surface area contributed by atoms with Gasteiger partial charge in [-0.05, 0) is 19.4 Å². The summed E-state index contributed by atoms with van der Waals surface area (Å²) in [6.45, 7) is 1.67. The fourth-order valence-electron chi connectivity index (χ4n) is 3.27. The standard InChI is InChI=1S/C23H21NO7/c1-2-30-19(26)11-6-12-24-18(25)13-31-23(29)17-10-5-9-16-20(17)22(28)15-8-4-3-7-14(15)21(16)27/h3-5,7-10H,2,6,11-13H2,1H3,(H,24,25). The monoisotopic (exact) mass is 423 g/mol. The molecule has 0 aliphatic heterocycles. The van der Waals surface area contributed by atoms with Crippen LogP contribution in [-0.2, 0) is 19.1 Å². The van der Waals surface area contributed by atoms with E-state index in [2.05, 4.69) is 5.32 Å². The molecule has 1 aliphatic rings. The molecule has 8 heteroatoms. The normalized spacial score (nSPS) is 11.9. The number of carbonyl (C=O) groups excluding carboxylic acids is 5. The van der Waals surface area contributed by atoms with Gasteiger partial charge in [0.15, 0.2) is 18.2 Å². The molecule has 8 nitrogen and oxygen atoms in total. The molecule has 0 spiro atoms. The molecule has 0 atom stereocenters. The predicted octanol–water partition coefficient (Wildman–Crippen LogP) is 2.08. The predicted molar refractivity (Wildman–Crippen MR) is 109 cm³/mol. The molecular weight excluding hydrogens is 402 g/mol. The Bertz CT molecular complexity index is 1060. The van der Waals surface area contributed by atoms with E-state index in [-0.39, 0.29) is 52.5 Å². The minimum atomic E-state index is -0.876. The van der Waals surface area contributed by atoms with Gasteiger partial charge in [0.05, 0.1) is 12.2 Å². The number of carbonyl (C=O) groups is 5. The molecule has 0 unspecified atom stereocenters. The second-order valence-corrected chi connectivity index (χ2v) is 6.77. The van der Waals surface area contributed by atoms with E-state index in [1.807, 2.05) is 0 Å². The van der Waals surface area contributed by atoms with Crippen molar-refractivity contribution in [1.29, 1.82) is 0 Å². The van der Waals surface area contributed by atoms with Crippen LogP contribution < -0.4 is 5.32 Å². The smallest absolute Gasteiger partial charge is 0.339 e. The summed E-state index contributed by atoms with van der Waals surface area (Å²) in [5, 5.41) is 2.53. The molecule has 160 valence electrons. The van der Waals surface area contributed by atoms with E-state index in [0.717, 1.165) is 0 Å². The largest absolute Gasteiger partial charge is 0.466 e.